The lowest BCUT2D eigenvalue weighted by atomic mass is 10.1. The van der Waals surface area contributed by atoms with Gasteiger partial charge in [-0.05, 0) is 25.0 Å². The van der Waals surface area contributed by atoms with Crippen molar-refractivity contribution in [3.63, 3.8) is 0 Å². The number of hydrogen-bond acceptors (Lipinski definition) is 3. The Morgan fingerprint density at radius 3 is 2.55 bits per heavy atom. The Kier molecular flexibility index (Phi) is 3.08. The second kappa shape index (κ2) is 4.66. The highest BCUT2D eigenvalue weighted by Gasteiger charge is 2.32. The van der Waals surface area contributed by atoms with E-state index in [0.29, 0.717) is 24.4 Å². The minimum absolute atomic E-state index is 0.135. The Labute approximate surface area is 114 Å². The fourth-order valence-corrected chi connectivity index (χ4v) is 2.55. The summed E-state index contributed by atoms with van der Waals surface area (Å²) in [6.45, 7) is 1.32. The molecule has 2 aromatic heterocycles. The van der Waals surface area contributed by atoms with Gasteiger partial charge in [0.15, 0.2) is 0 Å². The van der Waals surface area contributed by atoms with E-state index in [-0.39, 0.29) is 6.04 Å². The summed E-state index contributed by atoms with van der Waals surface area (Å²) in [6, 6.07) is 2.44. The van der Waals surface area contributed by atoms with Crippen LogP contribution in [-0.2, 0) is 6.18 Å². The number of nitrogens with zero attached hydrogens (tertiary/aromatic N) is 3. The number of hydrogen-bond donors (Lipinski definition) is 1. The number of alkyl halides is 3. The van der Waals surface area contributed by atoms with Crippen LogP contribution in [0.2, 0.25) is 0 Å². The number of rotatable bonds is 1. The summed E-state index contributed by atoms with van der Waals surface area (Å²) >= 11 is 0. The van der Waals surface area contributed by atoms with Crippen LogP contribution in [0.15, 0.2) is 24.7 Å². The fraction of sp³-hybridized carbons (Fsp3) is 0.462. The molecule has 1 aliphatic heterocycles. The first kappa shape index (κ1) is 13.2. The monoisotopic (exact) mass is 284 g/mol. The number of anilines is 1. The molecule has 1 aliphatic rings. The third kappa shape index (κ3) is 2.33. The lowest BCUT2D eigenvalue weighted by molar-refractivity contribution is -0.137. The van der Waals surface area contributed by atoms with E-state index in [4.69, 9.17) is 5.73 Å². The molecule has 7 heteroatoms. The molecule has 0 aliphatic carbocycles. The lowest BCUT2D eigenvalue weighted by Gasteiger charge is -2.32. The van der Waals surface area contributed by atoms with Crippen LogP contribution in [0.5, 0.6) is 0 Å². The van der Waals surface area contributed by atoms with Gasteiger partial charge in [-0.3, -0.25) is 4.40 Å². The quantitative estimate of drug-likeness (QED) is 0.874. The third-order valence-corrected chi connectivity index (χ3v) is 3.69. The number of piperidine rings is 1. The van der Waals surface area contributed by atoms with Gasteiger partial charge in [0.25, 0.3) is 0 Å². The van der Waals surface area contributed by atoms with Gasteiger partial charge in [-0.2, -0.15) is 13.2 Å². The van der Waals surface area contributed by atoms with Crippen molar-refractivity contribution in [1.82, 2.24) is 9.38 Å². The second-order valence-corrected chi connectivity index (χ2v) is 5.11. The fourth-order valence-electron chi connectivity index (χ4n) is 2.55. The van der Waals surface area contributed by atoms with E-state index in [1.165, 1.54) is 12.3 Å². The topological polar surface area (TPSA) is 46.6 Å². The summed E-state index contributed by atoms with van der Waals surface area (Å²) in [5, 5.41) is 0. The Balaban J connectivity index is 2.06. The molecule has 0 radical (unpaired) electrons. The number of aromatic nitrogens is 2. The van der Waals surface area contributed by atoms with Gasteiger partial charge in [-0.25, -0.2) is 4.98 Å². The molecule has 0 saturated carbocycles. The standard InChI is InChI=1S/C13H15F3N4/c14-13(15,16)9-5-11-7-18-8-20(11)12(6-9)19-3-1-10(17)2-4-19/h5-8,10H,1-4,17H2. The van der Waals surface area contributed by atoms with Crippen LogP contribution in [0, 0.1) is 0 Å². The van der Waals surface area contributed by atoms with Crippen LogP contribution < -0.4 is 10.6 Å². The lowest BCUT2D eigenvalue weighted by Crippen LogP contribution is -2.40. The molecule has 0 bridgehead atoms. The number of fused-ring (bicyclic) bond motifs is 1. The molecule has 1 saturated heterocycles. The maximum atomic E-state index is 13.0. The molecule has 0 spiro atoms. The Bertz CT molecular complexity index is 612. The highest BCUT2D eigenvalue weighted by atomic mass is 19.4. The second-order valence-electron chi connectivity index (χ2n) is 5.11. The van der Waals surface area contributed by atoms with Gasteiger partial charge in [-0.1, -0.05) is 0 Å². The van der Waals surface area contributed by atoms with E-state index in [0.717, 1.165) is 18.9 Å². The average molecular weight is 284 g/mol. The van der Waals surface area contributed by atoms with Crippen molar-refractivity contribution in [1.29, 1.82) is 0 Å². The molecule has 0 atom stereocenters. The SMILES string of the molecule is NC1CCN(c2cc(C(F)(F)F)cc3cncn23)CC1. The van der Waals surface area contributed by atoms with Crippen LogP contribution in [0.4, 0.5) is 19.0 Å². The smallest absolute Gasteiger partial charge is 0.358 e. The zero-order chi connectivity index (χ0) is 14.3. The number of halogens is 3. The molecule has 0 aromatic carbocycles. The van der Waals surface area contributed by atoms with E-state index in [2.05, 4.69) is 4.98 Å². The predicted octanol–water partition coefficient (Wildman–Crippen LogP) is 2.28. The van der Waals surface area contributed by atoms with E-state index in [1.807, 2.05) is 4.90 Å². The van der Waals surface area contributed by atoms with Crippen LogP contribution in [0.25, 0.3) is 5.52 Å². The normalized spacial score (nSPS) is 17.9. The molecule has 4 nitrogen and oxygen atoms in total. The zero-order valence-corrected chi connectivity index (χ0v) is 10.8. The first-order valence-corrected chi connectivity index (χ1v) is 6.49. The van der Waals surface area contributed by atoms with Crippen molar-refractivity contribution in [2.24, 2.45) is 5.73 Å². The maximum absolute atomic E-state index is 13.0. The largest absolute Gasteiger partial charge is 0.416 e. The summed E-state index contributed by atoms with van der Waals surface area (Å²) < 4.78 is 40.6. The molecule has 1 fully saturated rings. The molecule has 108 valence electrons. The highest BCUT2D eigenvalue weighted by Crippen LogP contribution is 2.33. The average Bonchev–Trinajstić information content (AvgIpc) is 2.85. The van der Waals surface area contributed by atoms with Crippen molar-refractivity contribution in [2.75, 3.05) is 18.0 Å². The van der Waals surface area contributed by atoms with Crippen molar-refractivity contribution in [2.45, 2.75) is 25.1 Å². The summed E-state index contributed by atoms with van der Waals surface area (Å²) in [4.78, 5) is 5.88. The number of pyridine rings is 1. The van der Waals surface area contributed by atoms with Crippen molar-refractivity contribution < 1.29 is 13.2 Å². The molecule has 2 aromatic rings. The molecule has 20 heavy (non-hydrogen) atoms. The van der Waals surface area contributed by atoms with Gasteiger partial charge in [-0.15, -0.1) is 0 Å². The molecule has 0 amide bonds. The number of imidazole rings is 1. The molecular formula is C13H15F3N4. The summed E-state index contributed by atoms with van der Waals surface area (Å²) in [5.41, 5.74) is 5.65. The molecular weight excluding hydrogens is 269 g/mol. The maximum Gasteiger partial charge on any atom is 0.416 e. The van der Waals surface area contributed by atoms with Crippen LogP contribution >= 0.6 is 0 Å². The Morgan fingerprint density at radius 1 is 1.20 bits per heavy atom. The van der Waals surface area contributed by atoms with E-state index in [1.54, 1.807) is 10.7 Å². The summed E-state index contributed by atoms with van der Waals surface area (Å²) in [5.74, 6) is 0.527. The van der Waals surface area contributed by atoms with Gasteiger partial charge in [0.2, 0.25) is 0 Å². The number of nitrogens with two attached hydrogens (primary N) is 1. The molecule has 2 N–H and O–H groups in total. The van der Waals surface area contributed by atoms with Crippen LogP contribution in [0.1, 0.15) is 18.4 Å². The third-order valence-electron chi connectivity index (χ3n) is 3.69. The molecule has 3 heterocycles. The van der Waals surface area contributed by atoms with Gasteiger partial charge in [0.05, 0.1) is 17.3 Å². The van der Waals surface area contributed by atoms with Gasteiger partial charge in [0.1, 0.15) is 12.1 Å². The minimum Gasteiger partial charge on any atom is -0.358 e. The van der Waals surface area contributed by atoms with E-state index < -0.39 is 11.7 Å². The molecule has 3 rings (SSSR count). The van der Waals surface area contributed by atoms with Gasteiger partial charge in [0, 0.05) is 19.1 Å². The van der Waals surface area contributed by atoms with Crippen molar-refractivity contribution in [3.8, 4) is 0 Å². The van der Waals surface area contributed by atoms with Crippen molar-refractivity contribution >= 4 is 11.3 Å². The first-order valence-electron chi connectivity index (χ1n) is 6.49. The van der Waals surface area contributed by atoms with Crippen molar-refractivity contribution in [3.05, 3.63) is 30.2 Å². The summed E-state index contributed by atoms with van der Waals surface area (Å²) in [6.07, 6.45) is 0.194. The predicted molar refractivity (Wildman–Crippen MR) is 69.6 cm³/mol. The van der Waals surface area contributed by atoms with E-state index in [9.17, 15) is 13.2 Å². The zero-order valence-electron chi connectivity index (χ0n) is 10.8. The first-order chi connectivity index (χ1) is 9.45. The highest BCUT2D eigenvalue weighted by molar-refractivity contribution is 5.58. The Morgan fingerprint density at radius 2 is 1.90 bits per heavy atom. The van der Waals surface area contributed by atoms with Gasteiger partial charge < -0.3 is 10.6 Å². The Hall–Kier alpha value is -1.76. The minimum atomic E-state index is -4.35. The molecule has 0 unspecified atom stereocenters. The van der Waals surface area contributed by atoms with E-state index >= 15 is 0 Å². The van der Waals surface area contributed by atoms with Crippen LogP contribution in [0.3, 0.4) is 0 Å². The van der Waals surface area contributed by atoms with Gasteiger partial charge >= 0.3 is 6.18 Å². The summed E-state index contributed by atoms with van der Waals surface area (Å²) in [7, 11) is 0. The van der Waals surface area contributed by atoms with Crippen LogP contribution in [-0.4, -0.2) is 28.5 Å².